The van der Waals surface area contributed by atoms with Gasteiger partial charge in [0.15, 0.2) is 0 Å². The summed E-state index contributed by atoms with van der Waals surface area (Å²) in [6.07, 6.45) is -0.229. The summed E-state index contributed by atoms with van der Waals surface area (Å²) in [5.74, 6) is -0.991. The molecule has 0 spiro atoms. The zero-order chi connectivity index (χ0) is 18.4. The van der Waals surface area contributed by atoms with Crippen molar-refractivity contribution in [2.24, 2.45) is 0 Å². The third-order valence-electron chi connectivity index (χ3n) is 4.30. The van der Waals surface area contributed by atoms with Gasteiger partial charge in [0.05, 0.1) is 25.0 Å². The van der Waals surface area contributed by atoms with Crippen LogP contribution in [0.1, 0.15) is 37.3 Å². The van der Waals surface area contributed by atoms with Crippen LogP contribution in [-0.4, -0.2) is 24.1 Å². The van der Waals surface area contributed by atoms with Gasteiger partial charge in [0.25, 0.3) is 0 Å². The molecular formula is C20H23NO4. The van der Waals surface area contributed by atoms with Crippen molar-refractivity contribution in [2.45, 2.75) is 31.7 Å². The Balaban J connectivity index is 2.30. The van der Waals surface area contributed by atoms with Crippen LogP contribution < -0.4 is 10.1 Å². The number of benzene rings is 2. The van der Waals surface area contributed by atoms with E-state index in [1.54, 1.807) is 45.2 Å². The second kappa shape index (κ2) is 7.83. The number of nitrogens with one attached hydrogen (secondary N) is 1. The molecule has 1 unspecified atom stereocenters. The minimum atomic E-state index is -1.04. The second-order valence-corrected chi connectivity index (χ2v) is 6.26. The van der Waals surface area contributed by atoms with Gasteiger partial charge in [-0.25, -0.2) is 0 Å². The van der Waals surface area contributed by atoms with Crippen molar-refractivity contribution < 1.29 is 19.4 Å². The number of methoxy groups -OCH3 is 1. The van der Waals surface area contributed by atoms with Gasteiger partial charge in [0, 0.05) is 0 Å². The van der Waals surface area contributed by atoms with Crippen LogP contribution in [0.3, 0.4) is 0 Å². The fourth-order valence-electron chi connectivity index (χ4n) is 2.76. The van der Waals surface area contributed by atoms with E-state index < -0.39 is 11.5 Å². The van der Waals surface area contributed by atoms with Crippen molar-refractivity contribution in [3.8, 4) is 5.75 Å². The van der Waals surface area contributed by atoms with Crippen LogP contribution in [0.15, 0.2) is 54.6 Å². The third-order valence-corrected chi connectivity index (χ3v) is 4.30. The van der Waals surface area contributed by atoms with E-state index in [1.165, 1.54) is 0 Å². The summed E-state index contributed by atoms with van der Waals surface area (Å²) in [4.78, 5) is 24.1. The number of ether oxygens (including phenoxy) is 1. The highest BCUT2D eigenvalue weighted by atomic mass is 16.5. The SMILES string of the molecule is COc1cccc(C(C)(CC(=O)O)NC(=O)[C@@H](C)c2ccccc2)c1. The van der Waals surface area contributed by atoms with Crippen molar-refractivity contribution >= 4 is 11.9 Å². The van der Waals surface area contributed by atoms with E-state index in [1.807, 2.05) is 30.3 Å². The van der Waals surface area contributed by atoms with Gasteiger partial charge in [-0.3, -0.25) is 9.59 Å². The molecule has 2 N–H and O–H groups in total. The number of carboxylic acids is 1. The van der Waals surface area contributed by atoms with Crippen LogP contribution in [0.4, 0.5) is 0 Å². The van der Waals surface area contributed by atoms with Crippen LogP contribution in [0.25, 0.3) is 0 Å². The largest absolute Gasteiger partial charge is 0.497 e. The Hall–Kier alpha value is -2.82. The first-order chi connectivity index (χ1) is 11.9. The van der Waals surface area contributed by atoms with Gasteiger partial charge >= 0.3 is 5.97 Å². The van der Waals surface area contributed by atoms with Crippen molar-refractivity contribution in [1.29, 1.82) is 0 Å². The molecule has 2 rings (SSSR count). The smallest absolute Gasteiger partial charge is 0.306 e. The first-order valence-electron chi connectivity index (χ1n) is 8.09. The maximum Gasteiger partial charge on any atom is 0.306 e. The van der Waals surface area contributed by atoms with E-state index in [-0.39, 0.29) is 18.2 Å². The van der Waals surface area contributed by atoms with Crippen LogP contribution in [0, 0.1) is 0 Å². The van der Waals surface area contributed by atoms with E-state index in [0.29, 0.717) is 11.3 Å². The Labute approximate surface area is 147 Å². The van der Waals surface area contributed by atoms with Gasteiger partial charge in [-0.05, 0) is 37.1 Å². The molecule has 25 heavy (non-hydrogen) atoms. The molecule has 0 fully saturated rings. The highest BCUT2D eigenvalue weighted by Crippen LogP contribution is 2.29. The minimum Gasteiger partial charge on any atom is -0.497 e. The Morgan fingerprint density at radius 2 is 1.84 bits per heavy atom. The molecule has 0 aliphatic carbocycles. The van der Waals surface area contributed by atoms with Crippen molar-refractivity contribution in [3.63, 3.8) is 0 Å². The lowest BCUT2D eigenvalue weighted by Gasteiger charge is -2.31. The van der Waals surface area contributed by atoms with Crippen LogP contribution >= 0.6 is 0 Å². The topological polar surface area (TPSA) is 75.6 Å². The van der Waals surface area contributed by atoms with E-state index in [9.17, 15) is 14.7 Å². The average Bonchev–Trinajstić information content (AvgIpc) is 2.61. The number of amides is 1. The maximum atomic E-state index is 12.7. The summed E-state index contributed by atoms with van der Waals surface area (Å²) >= 11 is 0. The predicted octanol–water partition coefficient (Wildman–Crippen LogP) is 3.31. The maximum absolute atomic E-state index is 12.7. The molecule has 0 aliphatic rings. The highest BCUT2D eigenvalue weighted by molar-refractivity contribution is 5.84. The summed E-state index contributed by atoms with van der Waals surface area (Å²) in [6.45, 7) is 3.52. The van der Waals surface area contributed by atoms with E-state index in [2.05, 4.69) is 5.32 Å². The zero-order valence-electron chi connectivity index (χ0n) is 14.7. The van der Waals surface area contributed by atoms with Crippen LogP contribution in [0.2, 0.25) is 0 Å². The zero-order valence-corrected chi connectivity index (χ0v) is 14.7. The summed E-state index contributed by atoms with van der Waals surface area (Å²) < 4.78 is 5.22. The fourth-order valence-corrected chi connectivity index (χ4v) is 2.76. The number of hydrogen-bond acceptors (Lipinski definition) is 3. The van der Waals surface area contributed by atoms with E-state index in [4.69, 9.17) is 4.74 Å². The molecule has 0 saturated heterocycles. The number of carbonyl (C=O) groups excluding carboxylic acids is 1. The average molecular weight is 341 g/mol. The molecule has 132 valence electrons. The lowest BCUT2D eigenvalue weighted by Crippen LogP contribution is -2.46. The normalized spacial score (nSPS) is 14.2. The lowest BCUT2D eigenvalue weighted by atomic mass is 9.87. The molecule has 1 amide bonds. The van der Waals surface area contributed by atoms with Crippen molar-refractivity contribution in [3.05, 3.63) is 65.7 Å². The molecule has 0 saturated carbocycles. The number of hydrogen-bond donors (Lipinski definition) is 2. The van der Waals surface area contributed by atoms with E-state index in [0.717, 1.165) is 5.56 Å². The fraction of sp³-hybridized carbons (Fsp3) is 0.300. The third kappa shape index (κ3) is 4.59. The minimum absolute atomic E-state index is 0.224. The molecule has 5 heteroatoms. The van der Waals surface area contributed by atoms with Gasteiger partial charge < -0.3 is 15.2 Å². The summed E-state index contributed by atoms with van der Waals surface area (Å²) in [5, 5.41) is 12.2. The summed E-state index contributed by atoms with van der Waals surface area (Å²) in [7, 11) is 1.55. The quantitative estimate of drug-likeness (QED) is 0.810. The van der Waals surface area contributed by atoms with Gasteiger partial charge in [0.2, 0.25) is 5.91 Å². The van der Waals surface area contributed by atoms with Gasteiger partial charge in [0.1, 0.15) is 5.75 Å². The molecule has 0 heterocycles. The van der Waals surface area contributed by atoms with Gasteiger partial charge in [-0.15, -0.1) is 0 Å². The summed E-state index contributed by atoms with van der Waals surface area (Å²) in [5.41, 5.74) is 0.520. The molecule has 0 aromatic heterocycles. The van der Waals surface area contributed by atoms with Crippen LogP contribution in [0.5, 0.6) is 5.75 Å². The number of aliphatic carboxylic acids is 1. The lowest BCUT2D eigenvalue weighted by molar-refractivity contribution is -0.139. The van der Waals surface area contributed by atoms with E-state index >= 15 is 0 Å². The summed E-state index contributed by atoms with van der Waals surface area (Å²) in [6, 6.07) is 16.5. The van der Waals surface area contributed by atoms with Crippen molar-refractivity contribution in [2.75, 3.05) is 7.11 Å². The second-order valence-electron chi connectivity index (χ2n) is 6.26. The molecule has 2 aromatic carbocycles. The van der Waals surface area contributed by atoms with Crippen molar-refractivity contribution in [1.82, 2.24) is 5.32 Å². The standard InChI is InChI=1S/C20H23NO4/c1-14(15-8-5-4-6-9-15)19(24)21-20(2,13-18(22)23)16-10-7-11-17(12-16)25-3/h4-12,14H,13H2,1-3H3,(H,21,24)(H,22,23)/t14-,20?/m0/s1. The number of carbonyl (C=O) groups is 2. The number of rotatable bonds is 7. The molecular weight excluding hydrogens is 318 g/mol. The molecule has 0 aliphatic heterocycles. The highest BCUT2D eigenvalue weighted by Gasteiger charge is 2.33. The van der Waals surface area contributed by atoms with Crippen LogP contribution in [-0.2, 0) is 15.1 Å². The predicted molar refractivity (Wildman–Crippen MR) is 95.6 cm³/mol. The molecule has 5 nitrogen and oxygen atoms in total. The first-order valence-corrected chi connectivity index (χ1v) is 8.09. The van der Waals surface area contributed by atoms with Gasteiger partial charge in [-0.2, -0.15) is 0 Å². The first kappa shape index (κ1) is 18.5. The molecule has 0 radical (unpaired) electrons. The Morgan fingerprint density at radius 1 is 1.16 bits per heavy atom. The Kier molecular flexibility index (Phi) is 5.80. The Bertz CT molecular complexity index is 744. The monoisotopic (exact) mass is 341 g/mol. The van der Waals surface area contributed by atoms with Gasteiger partial charge in [-0.1, -0.05) is 42.5 Å². The molecule has 2 atom stereocenters. The molecule has 0 bridgehead atoms. The number of carboxylic acid groups (broad SMARTS) is 1. The molecule has 2 aromatic rings. The Morgan fingerprint density at radius 3 is 2.44 bits per heavy atom.